The molecule has 114 valence electrons. The summed E-state index contributed by atoms with van der Waals surface area (Å²) >= 11 is 5.78. The van der Waals surface area contributed by atoms with E-state index in [1.807, 2.05) is 23.5 Å². The summed E-state index contributed by atoms with van der Waals surface area (Å²) in [6.45, 7) is 3.09. The van der Waals surface area contributed by atoms with Gasteiger partial charge < -0.3 is 5.32 Å². The predicted molar refractivity (Wildman–Crippen MR) is 96.7 cm³/mol. The van der Waals surface area contributed by atoms with Gasteiger partial charge in [-0.05, 0) is 12.5 Å². The van der Waals surface area contributed by atoms with Crippen LogP contribution in [0.4, 0.5) is 11.8 Å². The Hall–Kier alpha value is -0.700. The molecule has 2 aromatic heterocycles. The first kappa shape index (κ1) is 15.2. The number of anilines is 2. The average Bonchev–Trinajstić information content (AvgIpc) is 2.96. The number of thiophene rings is 1. The van der Waals surface area contributed by atoms with Crippen LogP contribution in [0, 0.1) is 0 Å². The third-order valence-corrected chi connectivity index (χ3v) is 7.32. The van der Waals surface area contributed by atoms with E-state index in [0.717, 1.165) is 29.0 Å². The number of fused-ring (bicyclic) bond motifs is 1. The third kappa shape index (κ3) is 3.56. The van der Waals surface area contributed by atoms with E-state index in [2.05, 4.69) is 33.7 Å². The zero-order valence-corrected chi connectivity index (χ0v) is 14.3. The zero-order valence-electron chi connectivity index (χ0n) is 11.9. The van der Waals surface area contributed by atoms with Crippen molar-refractivity contribution >= 4 is 56.8 Å². The maximum atomic E-state index is 5.48. The monoisotopic (exact) mass is 341 g/mol. The van der Waals surface area contributed by atoms with Crippen LogP contribution in [-0.2, 0) is 6.42 Å². The number of aryl methyl sites for hydroxylation is 1. The topological polar surface area (TPSA) is 75.9 Å². The van der Waals surface area contributed by atoms with Crippen LogP contribution in [0.15, 0.2) is 6.07 Å². The summed E-state index contributed by atoms with van der Waals surface area (Å²) in [6.07, 6.45) is 1.01. The van der Waals surface area contributed by atoms with Crippen LogP contribution in [0.25, 0.3) is 10.2 Å². The molecule has 1 aliphatic rings. The molecule has 2 aromatic rings. The Morgan fingerprint density at radius 1 is 1.38 bits per heavy atom. The van der Waals surface area contributed by atoms with Crippen molar-refractivity contribution in [3.05, 3.63) is 10.9 Å². The number of nitrogens with two attached hydrogens (primary N) is 1. The van der Waals surface area contributed by atoms with Gasteiger partial charge in [0.15, 0.2) is 0 Å². The smallest absolute Gasteiger partial charge is 0.240 e. The normalized spacial score (nSPS) is 18.9. The number of hydrogen-bond donors (Lipinski definition) is 3. The highest BCUT2D eigenvalue weighted by Crippen LogP contribution is 2.31. The van der Waals surface area contributed by atoms with E-state index in [4.69, 9.17) is 5.84 Å². The summed E-state index contributed by atoms with van der Waals surface area (Å²) in [4.78, 5) is 11.2. The lowest BCUT2D eigenvalue weighted by atomic mass is 10.3. The molecule has 4 N–H and O–H groups in total. The lowest BCUT2D eigenvalue weighted by molar-refractivity contribution is 0.992. The van der Waals surface area contributed by atoms with Crippen molar-refractivity contribution in [3.8, 4) is 0 Å². The summed E-state index contributed by atoms with van der Waals surface area (Å²) in [7, 11) is 0. The molecular formula is C13H19N5S3. The molecule has 0 bridgehead atoms. The van der Waals surface area contributed by atoms with Crippen molar-refractivity contribution in [2.45, 2.75) is 18.6 Å². The highest BCUT2D eigenvalue weighted by atomic mass is 32.2. The molecule has 1 aliphatic heterocycles. The predicted octanol–water partition coefficient (Wildman–Crippen LogP) is 2.80. The van der Waals surface area contributed by atoms with Crippen LogP contribution < -0.4 is 16.6 Å². The van der Waals surface area contributed by atoms with Gasteiger partial charge in [-0.25, -0.2) is 10.8 Å². The number of aromatic nitrogens is 2. The molecule has 1 atom stereocenters. The Balaban J connectivity index is 1.82. The fourth-order valence-electron chi connectivity index (χ4n) is 2.21. The van der Waals surface area contributed by atoms with Gasteiger partial charge in [0.1, 0.15) is 10.6 Å². The van der Waals surface area contributed by atoms with Gasteiger partial charge in [-0.2, -0.15) is 28.5 Å². The number of nitrogen functional groups attached to an aromatic ring is 1. The van der Waals surface area contributed by atoms with Crippen molar-refractivity contribution in [1.82, 2.24) is 9.97 Å². The van der Waals surface area contributed by atoms with Gasteiger partial charge in [0.2, 0.25) is 5.95 Å². The molecule has 0 aromatic carbocycles. The summed E-state index contributed by atoms with van der Waals surface area (Å²) in [5.74, 6) is 10.6. The number of hydrogen-bond acceptors (Lipinski definition) is 8. The first-order valence-corrected chi connectivity index (χ1v) is 10.0. The van der Waals surface area contributed by atoms with E-state index < -0.39 is 0 Å². The number of nitrogens with zero attached hydrogens (tertiary/aromatic N) is 2. The molecular weight excluding hydrogens is 322 g/mol. The number of nitrogens with one attached hydrogen (secondary N) is 2. The fraction of sp³-hybridized carbons (Fsp3) is 0.538. The fourth-order valence-corrected chi connectivity index (χ4v) is 5.79. The molecule has 1 unspecified atom stereocenters. The van der Waals surface area contributed by atoms with Crippen molar-refractivity contribution < 1.29 is 0 Å². The zero-order chi connectivity index (χ0) is 14.7. The minimum absolute atomic E-state index is 0.472. The Labute approximate surface area is 136 Å². The average molecular weight is 342 g/mol. The van der Waals surface area contributed by atoms with Crippen LogP contribution in [0.2, 0.25) is 0 Å². The van der Waals surface area contributed by atoms with E-state index in [1.54, 1.807) is 11.3 Å². The highest BCUT2D eigenvalue weighted by Gasteiger charge is 2.16. The van der Waals surface area contributed by atoms with Crippen molar-refractivity contribution in [1.29, 1.82) is 0 Å². The van der Waals surface area contributed by atoms with Crippen LogP contribution >= 0.6 is 34.9 Å². The molecule has 8 heteroatoms. The molecule has 3 heterocycles. The van der Waals surface area contributed by atoms with Crippen molar-refractivity contribution in [3.63, 3.8) is 0 Å². The van der Waals surface area contributed by atoms with E-state index in [0.29, 0.717) is 11.2 Å². The van der Waals surface area contributed by atoms with Gasteiger partial charge in [0.25, 0.3) is 0 Å². The second-order valence-electron chi connectivity index (χ2n) is 4.77. The number of thioether (sulfide) groups is 2. The lowest BCUT2D eigenvalue weighted by Crippen LogP contribution is -2.24. The van der Waals surface area contributed by atoms with Crippen molar-refractivity contribution in [2.24, 2.45) is 5.84 Å². The quantitative estimate of drug-likeness (QED) is 0.570. The molecule has 0 spiro atoms. The summed E-state index contributed by atoms with van der Waals surface area (Å²) < 4.78 is 0. The van der Waals surface area contributed by atoms with E-state index >= 15 is 0 Å². The van der Waals surface area contributed by atoms with Crippen molar-refractivity contribution in [2.75, 3.05) is 34.5 Å². The number of rotatable bonds is 5. The van der Waals surface area contributed by atoms with Gasteiger partial charge in [0.05, 0.1) is 5.39 Å². The Kier molecular flexibility index (Phi) is 5.10. The molecule has 0 saturated carbocycles. The van der Waals surface area contributed by atoms with Gasteiger partial charge >= 0.3 is 0 Å². The summed E-state index contributed by atoms with van der Waals surface area (Å²) in [6, 6.07) is 2.19. The van der Waals surface area contributed by atoms with Crippen LogP contribution in [-0.4, -0.2) is 39.0 Å². The third-order valence-electron chi connectivity index (χ3n) is 3.30. The first-order chi connectivity index (χ1) is 10.3. The van der Waals surface area contributed by atoms with E-state index in [1.165, 1.54) is 22.1 Å². The molecule has 0 radical (unpaired) electrons. The highest BCUT2D eigenvalue weighted by molar-refractivity contribution is 8.06. The lowest BCUT2D eigenvalue weighted by Gasteiger charge is -2.21. The Morgan fingerprint density at radius 2 is 2.29 bits per heavy atom. The minimum atomic E-state index is 0.472. The Morgan fingerprint density at radius 3 is 3.00 bits per heavy atom. The molecule has 0 amide bonds. The molecule has 1 saturated heterocycles. The molecule has 5 nitrogen and oxygen atoms in total. The van der Waals surface area contributed by atoms with Gasteiger partial charge in [-0.15, -0.1) is 11.3 Å². The summed E-state index contributed by atoms with van der Waals surface area (Å²) in [5.41, 5.74) is 2.56. The molecule has 3 rings (SSSR count). The second kappa shape index (κ2) is 7.04. The van der Waals surface area contributed by atoms with E-state index in [9.17, 15) is 0 Å². The van der Waals surface area contributed by atoms with Gasteiger partial charge in [-0.3, -0.25) is 5.43 Å². The van der Waals surface area contributed by atoms with Crippen LogP contribution in [0.5, 0.6) is 0 Å². The standard InChI is InChI=1S/C13H19N5S3/c1-2-8-5-10-11(15-6-9-7-19-3-4-20-9)16-13(18-14)17-12(10)21-8/h5,9H,2-4,6-7,14H2,1H3,(H2,15,16,17,18). The Bertz CT molecular complexity index is 609. The van der Waals surface area contributed by atoms with Gasteiger partial charge in [0, 0.05) is 33.9 Å². The number of hydrazine groups is 1. The molecule has 0 aliphatic carbocycles. The molecule has 21 heavy (non-hydrogen) atoms. The van der Waals surface area contributed by atoms with Crippen LogP contribution in [0.3, 0.4) is 0 Å². The van der Waals surface area contributed by atoms with E-state index in [-0.39, 0.29) is 0 Å². The maximum absolute atomic E-state index is 5.48. The van der Waals surface area contributed by atoms with Crippen LogP contribution in [0.1, 0.15) is 11.8 Å². The summed E-state index contributed by atoms with van der Waals surface area (Å²) in [5, 5.41) is 5.24. The molecule has 1 fully saturated rings. The maximum Gasteiger partial charge on any atom is 0.240 e. The SMILES string of the molecule is CCc1cc2c(NCC3CSCCS3)nc(NN)nc2s1. The van der Waals surface area contributed by atoms with Gasteiger partial charge in [-0.1, -0.05) is 6.92 Å². The second-order valence-corrected chi connectivity index (χ2v) is 8.45. The first-order valence-electron chi connectivity index (χ1n) is 7.00. The minimum Gasteiger partial charge on any atom is -0.368 e. The largest absolute Gasteiger partial charge is 0.368 e.